The van der Waals surface area contributed by atoms with E-state index < -0.39 is 15.8 Å². The number of benzene rings is 1. The molecule has 0 atom stereocenters. The highest BCUT2D eigenvalue weighted by Gasteiger charge is 2.31. The zero-order chi connectivity index (χ0) is 14.9. The fourth-order valence-corrected chi connectivity index (χ4v) is 4.14. The summed E-state index contributed by atoms with van der Waals surface area (Å²) in [4.78, 5) is -0.0180. The Labute approximate surface area is 127 Å². The van der Waals surface area contributed by atoms with Crippen LogP contribution in [0.4, 0.5) is 4.39 Å². The van der Waals surface area contributed by atoms with Crippen molar-refractivity contribution in [3.63, 3.8) is 0 Å². The Bertz CT molecular complexity index is 586. The molecule has 7 heteroatoms. The van der Waals surface area contributed by atoms with Crippen molar-refractivity contribution in [2.24, 2.45) is 5.73 Å². The van der Waals surface area contributed by atoms with Crippen LogP contribution in [0.5, 0.6) is 0 Å². The van der Waals surface area contributed by atoms with Gasteiger partial charge < -0.3 is 5.73 Å². The van der Waals surface area contributed by atoms with Crippen LogP contribution in [0.1, 0.15) is 25.7 Å². The summed E-state index contributed by atoms with van der Waals surface area (Å²) in [6.07, 6.45) is 3.13. The lowest BCUT2D eigenvalue weighted by atomic mass is 9.92. The molecule has 4 nitrogen and oxygen atoms in total. The van der Waals surface area contributed by atoms with Gasteiger partial charge in [0.2, 0.25) is 10.0 Å². The van der Waals surface area contributed by atoms with Crippen LogP contribution < -0.4 is 5.73 Å². The molecule has 1 aromatic rings. The zero-order valence-electron chi connectivity index (χ0n) is 11.2. The van der Waals surface area contributed by atoms with E-state index in [2.05, 4.69) is 15.9 Å². The molecule has 112 valence electrons. The van der Waals surface area contributed by atoms with E-state index in [0.717, 1.165) is 31.7 Å². The summed E-state index contributed by atoms with van der Waals surface area (Å²) >= 11 is 3.02. The zero-order valence-corrected chi connectivity index (χ0v) is 13.6. The van der Waals surface area contributed by atoms with Gasteiger partial charge in [-0.15, -0.1) is 0 Å². The number of hydrogen-bond acceptors (Lipinski definition) is 3. The molecule has 1 aliphatic carbocycles. The molecule has 0 saturated heterocycles. The summed E-state index contributed by atoms with van der Waals surface area (Å²) in [7, 11) is -2.11. The third-order valence-corrected chi connectivity index (χ3v) is 6.37. The van der Waals surface area contributed by atoms with Crippen LogP contribution in [-0.2, 0) is 10.0 Å². The Balaban J connectivity index is 2.23. The first-order chi connectivity index (χ1) is 9.32. The lowest BCUT2D eigenvalue weighted by Crippen LogP contribution is -2.41. The highest BCUT2D eigenvalue weighted by atomic mass is 79.9. The first kappa shape index (κ1) is 15.9. The minimum atomic E-state index is -3.66. The summed E-state index contributed by atoms with van der Waals surface area (Å²) in [6.45, 7) is 0. The summed E-state index contributed by atoms with van der Waals surface area (Å²) in [5, 5.41) is 0. The highest BCUT2D eigenvalue weighted by molar-refractivity contribution is 9.10. The van der Waals surface area contributed by atoms with Gasteiger partial charge in [-0.25, -0.2) is 12.8 Å². The molecule has 1 aliphatic rings. The van der Waals surface area contributed by atoms with E-state index in [1.807, 2.05) is 0 Å². The molecule has 0 aromatic heterocycles. The van der Waals surface area contributed by atoms with E-state index in [-0.39, 0.29) is 21.5 Å². The van der Waals surface area contributed by atoms with Gasteiger partial charge in [-0.1, -0.05) is 0 Å². The predicted molar refractivity (Wildman–Crippen MR) is 79.3 cm³/mol. The summed E-state index contributed by atoms with van der Waals surface area (Å²) < 4.78 is 40.1. The second-order valence-electron chi connectivity index (χ2n) is 5.17. The van der Waals surface area contributed by atoms with E-state index in [0.29, 0.717) is 0 Å². The second kappa shape index (κ2) is 6.09. The third-order valence-electron chi connectivity index (χ3n) is 3.82. The van der Waals surface area contributed by atoms with Crippen LogP contribution in [0.3, 0.4) is 0 Å². The van der Waals surface area contributed by atoms with Crippen molar-refractivity contribution in [1.29, 1.82) is 0 Å². The number of hydrogen-bond donors (Lipinski definition) is 1. The topological polar surface area (TPSA) is 63.4 Å². The first-order valence-corrected chi connectivity index (χ1v) is 8.74. The van der Waals surface area contributed by atoms with E-state index >= 15 is 0 Å². The molecule has 1 aromatic carbocycles. The minimum absolute atomic E-state index is 0.0180. The SMILES string of the molecule is CN(C1CCC(N)CC1)S(=O)(=O)c1ccc(Br)c(F)c1. The molecule has 0 amide bonds. The molecular formula is C13H18BrFN2O2S. The number of sulfonamides is 1. The second-order valence-corrected chi connectivity index (χ2v) is 8.02. The Kier molecular flexibility index (Phi) is 4.84. The molecule has 2 rings (SSSR count). The maximum absolute atomic E-state index is 13.5. The summed E-state index contributed by atoms with van der Waals surface area (Å²) in [5.41, 5.74) is 5.83. The molecule has 1 fully saturated rings. The van der Waals surface area contributed by atoms with E-state index in [9.17, 15) is 12.8 Å². The molecule has 0 radical (unpaired) electrons. The van der Waals surface area contributed by atoms with Crippen LogP contribution in [0, 0.1) is 5.82 Å². The maximum Gasteiger partial charge on any atom is 0.243 e. The summed E-state index contributed by atoms with van der Waals surface area (Å²) in [6, 6.07) is 3.96. The van der Waals surface area contributed by atoms with Gasteiger partial charge >= 0.3 is 0 Å². The Hall–Kier alpha value is -0.500. The normalized spacial score (nSPS) is 24.1. The van der Waals surface area contributed by atoms with Crippen molar-refractivity contribution in [2.45, 2.75) is 42.7 Å². The highest BCUT2D eigenvalue weighted by Crippen LogP contribution is 2.27. The molecule has 2 N–H and O–H groups in total. The van der Waals surface area contributed by atoms with Gasteiger partial charge in [0.25, 0.3) is 0 Å². The van der Waals surface area contributed by atoms with Gasteiger partial charge in [-0.2, -0.15) is 4.31 Å². The lowest BCUT2D eigenvalue weighted by Gasteiger charge is -2.32. The van der Waals surface area contributed by atoms with Gasteiger partial charge in [-0.3, -0.25) is 0 Å². The van der Waals surface area contributed by atoms with Crippen molar-refractivity contribution in [1.82, 2.24) is 4.31 Å². The van der Waals surface area contributed by atoms with Gasteiger partial charge in [0.15, 0.2) is 0 Å². The molecular weight excluding hydrogens is 347 g/mol. The lowest BCUT2D eigenvalue weighted by molar-refractivity contribution is 0.268. The van der Waals surface area contributed by atoms with Gasteiger partial charge in [-0.05, 0) is 59.8 Å². The van der Waals surface area contributed by atoms with E-state index in [4.69, 9.17) is 5.73 Å². The molecule has 0 bridgehead atoms. The monoisotopic (exact) mass is 364 g/mol. The quantitative estimate of drug-likeness (QED) is 0.895. The smallest absolute Gasteiger partial charge is 0.243 e. The number of nitrogens with two attached hydrogens (primary N) is 1. The third kappa shape index (κ3) is 3.21. The Morgan fingerprint density at radius 1 is 1.30 bits per heavy atom. The Morgan fingerprint density at radius 3 is 2.45 bits per heavy atom. The number of nitrogens with zero attached hydrogens (tertiary/aromatic N) is 1. The van der Waals surface area contributed by atoms with Crippen LogP contribution in [-0.4, -0.2) is 31.9 Å². The van der Waals surface area contributed by atoms with Gasteiger partial charge in [0, 0.05) is 19.1 Å². The van der Waals surface area contributed by atoms with Crippen molar-refractivity contribution in [3.05, 3.63) is 28.5 Å². The van der Waals surface area contributed by atoms with Gasteiger partial charge in [0.05, 0.1) is 9.37 Å². The van der Waals surface area contributed by atoms with Crippen LogP contribution >= 0.6 is 15.9 Å². The molecule has 0 heterocycles. The van der Waals surface area contributed by atoms with Crippen LogP contribution in [0.2, 0.25) is 0 Å². The fourth-order valence-electron chi connectivity index (χ4n) is 2.47. The molecule has 0 unspecified atom stereocenters. The maximum atomic E-state index is 13.5. The van der Waals surface area contributed by atoms with Crippen molar-refractivity contribution in [2.75, 3.05) is 7.05 Å². The minimum Gasteiger partial charge on any atom is -0.328 e. The largest absolute Gasteiger partial charge is 0.328 e. The first-order valence-electron chi connectivity index (χ1n) is 6.51. The summed E-state index contributed by atoms with van der Waals surface area (Å²) in [5.74, 6) is -0.579. The van der Waals surface area contributed by atoms with Crippen LogP contribution in [0.25, 0.3) is 0 Å². The van der Waals surface area contributed by atoms with Crippen LogP contribution in [0.15, 0.2) is 27.6 Å². The Morgan fingerprint density at radius 2 is 1.90 bits per heavy atom. The van der Waals surface area contributed by atoms with Crippen molar-refractivity contribution < 1.29 is 12.8 Å². The van der Waals surface area contributed by atoms with Crippen molar-refractivity contribution in [3.8, 4) is 0 Å². The fraction of sp³-hybridized carbons (Fsp3) is 0.538. The van der Waals surface area contributed by atoms with Gasteiger partial charge in [0.1, 0.15) is 5.82 Å². The molecule has 0 aliphatic heterocycles. The molecule has 0 spiro atoms. The van der Waals surface area contributed by atoms with Crippen molar-refractivity contribution >= 4 is 26.0 Å². The molecule has 20 heavy (non-hydrogen) atoms. The molecule has 1 saturated carbocycles. The average Bonchev–Trinajstić information content (AvgIpc) is 2.41. The predicted octanol–water partition coefficient (Wildman–Crippen LogP) is 2.48. The van der Waals surface area contributed by atoms with E-state index in [1.165, 1.54) is 16.4 Å². The van der Waals surface area contributed by atoms with E-state index in [1.54, 1.807) is 7.05 Å². The average molecular weight is 365 g/mol. The number of halogens is 2. The standard InChI is InChI=1S/C13H18BrFN2O2S/c1-17(10-4-2-9(16)3-5-10)20(18,19)11-6-7-12(14)13(15)8-11/h6-10H,2-5,16H2,1H3. The number of rotatable bonds is 3.